The maximum absolute atomic E-state index is 13.5. The zero-order chi connectivity index (χ0) is 31.3. The summed E-state index contributed by atoms with van der Waals surface area (Å²) in [5.41, 5.74) is 1.30. The quantitative estimate of drug-likeness (QED) is 0.123. The minimum atomic E-state index is -4.00. The summed E-state index contributed by atoms with van der Waals surface area (Å²) in [6, 6.07) is 7.04. The van der Waals surface area contributed by atoms with Gasteiger partial charge in [0.15, 0.2) is 0 Å². The summed E-state index contributed by atoms with van der Waals surface area (Å²) in [5, 5.41) is 25.2. The van der Waals surface area contributed by atoms with E-state index in [1.165, 1.54) is 6.33 Å². The molecule has 1 saturated carbocycles. The number of nitrogens with one attached hydrogen (secondary N) is 4. The lowest BCUT2D eigenvalue weighted by Gasteiger charge is -2.34. The molecule has 0 radical (unpaired) electrons. The largest absolute Gasteiger partial charge is 0.389 e. The number of imidazole rings is 1. The Bertz CT molecular complexity index is 1300. The predicted octanol–water partition coefficient (Wildman–Crippen LogP) is 1.38. The fraction of sp³-hybridized carbons (Fsp3) is 0.655. The van der Waals surface area contributed by atoms with Crippen molar-refractivity contribution in [2.24, 2.45) is 5.92 Å². The summed E-state index contributed by atoms with van der Waals surface area (Å²) in [6.07, 6.45) is 6.84. The van der Waals surface area contributed by atoms with Gasteiger partial charge in [0.05, 0.1) is 41.8 Å². The molecule has 0 spiro atoms. The number of benzene rings is 1. The first-order valence-corrected chi connectivity index (χ1v) is 18.4. The SMILES string of the molecule is CCCCNS(=O)(=O)C[C@@H](O)[C@H](O)[C@H](CC1CCCCC1)N[C@@H](Cc1c[nH]cn1)C(=O)NS(=O)(=O)CCc1ccccc1. The third-order valence-electron chi connectivity index (χ3n) is 7.82. The van der Waals surface area contributed by atoms with Crippen LogP contribution in [0.25, 0.3) is 0 Å². The van der Waals surface area contributed by atoms with Crippen molar-refractivity contribution in [1.29, 1.82) is 0 Å². The van der Waals surface area contributed by atoms with Gasteiger partial charge in [-0.25, -0.2) is 26.5 Å². The normalized spacial score (nSPS) is 17.7. The first-order chi connectivity index (χ1) is 20.5. The van der Waals surface area contributed by atoms with Gasteiger partial charge in [-0.05, 0) is 30.7 Å². The number of sulfonamides is 2. The van der Waals surface area contributed by atoms with Crippen LogP contribution >= 0.6 is 0 Å². The van der Waals surface area contributed by atoms with Crippen molar-refractivity contribution in [2.75, 3.05) is 18.1 Å². The number of aromatic nitrogens is 2. The maximum atomic E-state index is 13.5. The molecule has 4 atom stereocenters. The van der Waals surface area contributed by atoms with Crippen LogP contribution in [0.2, 0.25) is 0 Å². The average molecular weight is 642 g/mol. The lowest BCUT2D eigenvalue weighted by molar-refractivity contribution is -0.122. The third-order valence-corrected chi connectivity index (χ3v) is 10.5. The van der Waals surface area contributed by atoms with Crippen LogP contribution in [0.3, 0.4) is 0 Å². The fourth-order valence-electron chi connectivity index (χ4n) is 5.41. The van der Waals surface area contributed by atoms with E-state index in [-0.39, 0.29) is 31.1 Å². The van der Waals surface area contributed by atoms with E-state index in [2.05, 4.69) is 24.7 Å². The molecule has 0 saturated heterocycles. The first-order valence-electron chi connectivity index (χ1n) is 15.1. The van der Waals surface area contributed by atoms with Gasteiger partial charge in [-0.15, -0.1) is 0 Å². The van der Waals surface area contributed by atoms with Crippen LogP contribution in [0, 0.1) is 5.92 Å². The van der Waals surface area contributed by atoms with Crippen LogP contribution in [0.5, 0.6) is 0 Å². The van der Waals surface area contributed by atoms with Crippen molar-refractivity contribution < 1.29 is 31.8 Å². The van der Waals surface area contributed by atoms with Crippen molar-refractivity contribution in [3.63, 3.8) is 0 Å². The van der Waals surface area contributed by atoms with Crippen LogP contribution in [0.4, 0.5) is 0 Å². The van der Waals surface area contributed by atoms with Crippen molar-refractivity contribution in [3.05, 3.63) is 54.1 Å². The number of aliphatic hydroxyl groups excluding tert-OH is 2. The number of carbonyl (C=O) groups excluding carboxylic acids is 1. The number of aryl methyl sites for hydroxylation is 1. The topological polar surface area (TPSA) is 191 Å². The van der Waals surface area contributed by atoms with E-state index in [4.69, 9.17) is 0 Å². The molecule has 12 nitrogen and oxygen atoms in total. The number of nitrogens with zero attached hydrogens (tertiary/aromatic N) is 1. The molecule has 0 unspecified atom stereocenters. The molecule has 2 aromatic rings. The van der Waals surface area contributed by atoms with Gasteiger partial charge in [-0.2, -0.15) is 0 Å². The summed E-state index contributed by atoms with van der Waals surface area (Å²) < 4.78 is 55.5. The van der Waals surface area contributed by atoms with Crippen molar-refractivity contribution >= 4 is 26.0 Å². The van der Waals surface area contributed by atoms with Gasteiger partial charge in [-0.3, -0.25) is 9.52 Å². The van der Waals surface area contributed by atoms with Gasteiger partial charge < -0.3 is 20.5 Å². The standard InChI is InChI=1S/C29H47N5O7S2/c1-2-3-15-32-43(40,41)20-27(35)28(36)25(17-23-12-8-5-9-13-23)33-26(18-24-19-30-21-31-24)29(37)34-42(38,39)16-14-22-10-6-4-7-11-22/h4,6-7,10-11,19,21,23,25-28,32-33,35-36H,2-3,5,8-9,12-18,20H2,1H3,(H,30,31)(H,34,37)/t25-,26-,27+,28+/m0/s1. The zero-order valence-corrected chi connectivity index (χ0v) is 26.5. The molecule has 1 heterocycles. The van der Waals surface area contributed by atoms with E-state index in [9.17, 15) is 31.8 Å². The lowest BCUT2D eigenvalue weighted by atomic mass is 9.83. The van der Waals surface area contributed by atoms with Gasteiger partial charge in [0.2, 0.25) is 20.0 Å². The van der Waals surface area contributed by atoms with Crippen molar-refractivity contribution in [3.8, 4) is 0 Å². The van der Waals surface area contributed by atoms with Crippen LogP contribution < -0.4 is 14.8 Å². The minimum absolute atomic E-state index is 0.00436. The van der Waals surface area contributed by atoms with E-state index in [1.807, 2.05) is 25.1 Å². The molecule has 1 aromatic carbocycles. The number of hydrogen-bond acceptors (Lipinski definition) is 9. The van der Waals surface area contributed by atoms with E-state index >= 15 is 0 Å². The second-order valence-electron chi connectivity index (χ2n) is 11.4. The number of hydrogen-bond donors (Lipinski definition) is 6. The maximum Gasteiger partial charge on any atom is 0.250 e. The summed E-state index contributed by atoms with van der Waals surface area (Å²) in [5.74, 6) is -1.63. The molecule has 1 aliphatic rings. The van der Waals surface area contributed by atoms with Gasteiger partial charge >= 0.3 is 0 Å². The third kappa shape index (κ3) is 12.6. The number of rotatable bonds is 19. The molecule has 0 bridgehead atoms. The van der Waals surface area contributed by atoms with Gasteiger partial charge in [0, 0.05) is 25.2 Å². The summed E-state index contributed by atoms with van der Waals surface area (Å²) in [4.78, 5) is 20.4. The molecule has 1 aliphatic carbocycles. The van der Waals surface area contributed by atoms with Crippen molar-refractivity contribution in [2.45, 2.75) is 95.4 Å². The number of H-pyrrole nitrogens is 1. The number of unbranched alkanes of at least 4 members (excludes halogenated alkanes) is 1. The van der Waals surface area contributed by atoms with E-state index in [1.54, 1.807) is 18.3 Å². The predicted molar refractivity (Wildman–Crippen MR) is 165 cm³/mol. The second kappa shape index (κ2) is 17.2. The molecule has 242 valence electrons. The van der Waals surface area contributed by atoms with Crippen LogP contribution in [-0.2, 0) is 37.7 Å². The molecule has 43 heavy (non-hydrogen) atoms. The number of carbonyl (C=O) groups is 1. The molecule has 1 fully saturated rings. The van der Waals surface area contributed by atoms with Crippen LogP contribution in [0.15, 0.2) is 42.9 Å². The summed E-state index contributed by atoms with van der Waals surface area (Å²) >= 11 is 0. The Kier molecular flexibility index (Phi) is 14.1. The summed E-state index contributed by atoms with van der Waals surface area (Å²) in [6.45, 7) is 2.16. The second-order valence-corrected chi connectivity index (χ2v) is 15.1. The highest BCUT2D eigenvalue weighted by Gasteiger charge is 2.35. The number of aliphatic hydroxyl groups is 2. The molecule has 14 heteroatoms. The number of aromatic amines is 1. The smallest absolute Gasteiger partial charge is 0.250 e. The molecule has 3 rings (SSSR count). The first kappa shape index (κ1) is 35.1. The van der Waals surface area contributed by atoms with Gasteiger partial charge in [0.1, 0.15) is 0 Å². The minimum Gasteiger partial charge on any atom is -0.389 e. The highest BCUT2D eigenvalue weighted by atomic mass is 32.2. The van der Waals surface area contributed by atoms with Gasteiger partial charge in [0.25, 0.3) is 5.91 Å². The van der Waals surface area contributed by atoms with E-state index in [0.29, 0.717) is 18.5 Å². The van der Waals surface area contributed by atoms with Crippen LogP contribution in [0.1, 0.15) is 69.5 Å². The molecule has 6 N–H and O–H groups in total. The van der Waals surface area contributed by atoms with E-state index in [0.717, 1.165) is 44.1 Å². The highest BCUT2D eigenvalue weighted by molar-refractivity contribution is 7.90. The Balaban J connectivity index is 1.77. The molecule has 1 aromatic heterocycles. The average Bonchev–Trinajstić information content (AvgIpc) is 3.49. The van der Waals surface area contributed by atoms with E-state index < -0.39 is 56.0 Å². The summed E-state index contributed by atoms with van der Waals surface area (Å²) in [7, 11) is -7.87. The Morgan fingerprint density at radius 1 is 1.07 bits per heavy atom. The van der Waals surface area contributed by atoms with Gasteiger partial charge in [-0.1, -0.05) is 75.8 Å². The Hall–Kier alpha value is -2.36. The fourth-order valence-corrected chi connectivity index (χ4v) is 7.69. The molecular weight excluding hydrogens is 594 g/mol. The zero-order valence-electron chi connectivity index (χ0n) is 24.8. The van der Waals surface area contributed by atoms with Crippen LogP contribution in [-0.4, -0.2) is 85.3 Å². The number of amides is 1. The Labute approximate surface area is 255 Å². The monoisotopic (exact) mass is 641 g/mol. The Morgan fingerprint density at radius 2 is 1.79 bits per heavy atom. The molecular formula is C29H47N5O7S2. The highest BCUT2D eigenvalue weighted by Crippen LogP contribution is 2.29. The molecule has 0 aliphatic heterocycles. The lowest BCUT2D eigenvalue weighted by Crippen LogP contribution is -2.57. The Morgan fingerprint density at radius 3 is 2.44 bits per heavy atom. The molecule has 1 amide bonds. The van der Waals surface area contributed by atoms with Crippen molar-refractivity contribution in [1.82, 2.24) is 24.7 Å².